The number of ether oxygens (including phenoxy) is 4. The van der Waals surface area contributed by atoms with Crippen LogP contribution in [0.25, 0.3) is 6.08 Å². The molecule has 0 spiro atoms. The van der Waals surface area contributed by atoms with Gasteiger partial charge in [0.15, 0.2) is 23.0 Å². The van der Waals surface area contributed by atoms with E-state index in [1.54, 1.807) is 24.3 Å². The topological polar surface area (TPSA) is 66.0 Å². The van der Waals surface area contributed by atoms with Crippen molar-refractivity contribution in [2.75, 3.05) is 26.6 Å². The normalized spacial score (nSPS) is 10.7. The summed E-state index contributed by atoms with van der Waals surface area (Å²) in [5.41, 5.74) is 1.01. The minimum Gasteiger partial charge on any atom is -0.493 e. The largest absolute Gasteiger partial charge is 0.493 e. The number of alkyl halides is 2. The molecule has 0 aliphatic heterocycles. The number of hydrogen-bond acceptors (Lipinski definition) is 5. The molecule has 0 fully saturated rings. The van der Waals surface area contributed by atoms with Crippen LogP contribution >= 0.6 is 0 Å². The average molecular weight is 379 g/mol. The maximum Gasteiger partial charge on any atom is 0.387 e. The summed E-state index contributed by atoms with van der Waals surface area (Å²) in [6.45, 7) is -3.00. The van der Waals surface area contributed by atoms with Gasteiger partial charge in [0.25, 0.3) is 0 Å². The fourth-order valence-corrected chi connectivity index (χ4v) is 2.25. The number of hydrogen-bond donors (Lipinski definition) is 1. The van der Waals surface area contributed by atoms with E-state index in [1.165, 1.54) is 45.6 Å². The molecule has 8 heteroatoms. The standard InChI is InChI=1S/C19H19F2NO5/c1-24-14-7-4-12(10-16(14)26-3)5-9-18(23)22-13-6-8-15(25-2)17(11-13)27-19(20)21/h4-11,19H,1-3H3,(H,22,23)/b9-5+. The lowest BCUT2D eigenvalue weighted by molar-refractivity contribution is -0.111. The van der Waals surface area contributed by atoms with Gasteiger partial charge in [-0.2, -0.15) is 8.78 Å². The zero-order chi connectivity index (χ0) is 19.8. The van der Waals surface area contributed by atoms with Crippen LogP contribution in [0.4, 0.5) is 14.5 Å². The molecule has 27 heavy (non-hydrogen) atoms. The summed E-state index contributed by atoms with van der Waals surface area (Å²) in [6, 6.07) is 9.38. The summed E-state index contributed by atoms with van der Waals surface area (Å²) in [7, 11) is 4.38. The molecule has 6 nitrogen and oxygen atoms in total. The van der Waals surface area contributed by atoms with Gasteiger partial charge in [0.2, 0.25) is 5.91 Å². The highest BCUT2D eigenvalue weighted by Crippen LogP contribution is 2.31. The summed E-state index contributed by atoms with van der Waals surface area (Å²) in [5.74, 6) is 0.620. The van der Waals surface area contributed by atoms with E-state index in [0.29, 0.717) is 11.5 Å². The summed E-state index contributed by atoms with van der Waals surface area (Å²) in [5, 5.41) is 2.57. The lowest BCUT2D eigenvalue weighted by atomic mass is 10.2. The Kier molecular flexibility index (Phi) is 6.99. The molecule has 1 amide bonds. The molecular formula is C19H19F2NO5. The van der Waals surface area contributed by atoms with Gasteiger partial charge in [0.05, 0.1) is 21.3 Å². The van der Waals surface area contributed by atoms with Crippen molar-refractivity contribution in [3.63, 3.8) is 0 Å². The van der Waals surface area contributed by atoms with Gasteiger partial charge in [0.1, 0.15) is 0 Å². The van der Waals surface area contributed by atoms with Crippen molar-refractivity contribution >= 4 is 17.7 Å². The maximum atomic E-state index is 12.5. The first-order valence-corrected chi connectivity index (χ1v) is 7.80. The van der Waals surface area contributed by atoms with Crippen molar-refractivity contribution in [1.82, 2.24) is 0 Å². The molecule has 0 heterocycles. The zero-order valence-electron chi connectivity index (χ0n) is 15.0. The Bertz CT molecular complexity index is 824. The van der Waals surface area contributed by atoms with Crippen LogP contribution < -0.4 is 24.3 Å². The molecule has 0 radical (unpaired) electrons. The number of anilines is 1. The van der Waals surface area contributed by atoms with Gasteiger partial charge in [-0.1, -0.05) is 6.07 Å². The smallest absolute Gasteiger partial charge is 0.387 e. The second kappa shape index (κ2) is 9.42. The van der Waals surface area contributed by atoms with Crippen LogP contribution in [-0.2, 0) is 4.79 Å². The van der Waals surface area contributed by atoms with Crippen LogP contribution in [0.5, 0.6) is 23.0 Å². The first-order chi connectivity index (χ1) is 13.0. The number of nitrogens with one attached hydrogen (secondary N) is 1. The van der Waals surface area contributed by atoms with Gasteiger partial charge in [0, 0.05) is 17.8 Å². The van der Waals surface area contributed by atoms with Crippen LogP contribution in [0.15, 0.2) is 42.5 Å². The van der Waals surface area contributed by atoms with Gasteiger partial charge < -0.3 is 24.3 Å². The number of amides is 1. The highest BCUT2D eigenvalue weighted by molar-refractivity contribution is 6.02. The van der Waals surface area contributed by atoms with E-state index < -0.39 is 12.5 Å². The SMILES string of the molecule is COc1ccc(/C=C/C(=O)Nc2ccc(OC)c(OC(F)F)c2)cc1OC. The quantitative estimate of drug-likeness (QED) is 0.703. The second-order valence-electron chi connectivity index (χ2n) is 5.18. The molecule has 0 aliphatic carbocycles. The van der Waals surface area contributed by atoms with Crippen LogP contribution in [-0.4, -0.2) is 33.8 Å². The van der Waals surface area contributed by atoms with Crippen molar-refractivity contribution in [1.29, 1.82) is 0 Å². The summed E-state index contributed by atoms with van der Waals surface area (Å²) < 4.78 is 44.6. The van der Waals surface area contributed by atoms with E-state index in [4.69, 9.17) is 14.2 Å². The van der Waals surface area contributed by atoms with Crippen molar-refractivity contribution in [3.05, 3.63) is 48.0 Å². The predicted molar refractivity (Wildman–Crippen MR) is 96.8 cm³/mol. The Morgan fingerprint density at radius 3 is 2.19 bits per heavy atom. The summed E-state index contributed by atoms with van der Waals surface area (Å²) >= 11 is 0. The Balaban J connectivity index is 2.10. The third-order valence-corrected chi connectivity index (χ3v) is 3.48. The number of methoxy groups -OCH3 is 3. The number of rotatable bonds is 8. The number of carbonyl (C=O) groups is 1. The van der Waals surface area contributed by atoms with Crippen molar-refractivity contribution in [3.8, 4) is 23.0 Å². The van der Waals surface area contributed by atoms with E-state index in [-0.39, 0.29) is 17.2 Å². The number of carbonyl (C=O) groups excluding carboxylic acids is 1. The summed E-state index contributed by atoms with van der Waals surface area (Å²) in [6.07, 6.45) is 2.89. The first kappa shape index (κ1) is 20.0. The molecule has 2 rings (SSSR count). The highest BCUT2D eigenvalue weighted by Gasteiger charge is 2.12. The third kappa shape index (κ3) is 5.60. The fraction of sp³-hybridized carbons (Fsp3) is 0.211. The molecule has 0 aromatic heterocycles. The van der Waals surface area contributed by atoms with E-state index in [0.717, 1.165) is 5.56 Å². The monoisotopic (exact) mass is 379 g/mol. The number of benzene rings is 2. The van der Waals surface area contributed by atoms with Crippen LogP contribution in [0, 0.1) is 0 Å². The minimum atomic E-state index is -3.00. The Hall–Kier alpha value is -3.29. The molecule has 0 bridgehead atoms. The number of halogens is 2. The van der Waals surface area contributed by atoms with Crippen molar-refractivity contribution in [2.24, 2.45) is 0 Å². The van der Waals surface area contributed by atoms with Crippen LogP contribution in [0.1, 0.15) is 5.56 Å². The lowest BCUT2D eigenvalue weighted by Gasteiger charge is -2.11. The van der Waals surface area contributed by atoms with Crippen molar-refractivity contribution in [2.45, 2.75) is 6.61 Å². The molecule has 0 saturated carbocycles. The van der Waals surface area contributed by atoms with E-state index >= 15 is 0 Å². The average Bonchev–Trinajstić information content (AvgIpc) is 2.66. The summed E-state index contributed by atoms with van der Waals surface area (Å²) in [4.78, 5) is 12.1. The van der Waals surface area contributed by atoms with E-state index in [1.807, 2.05) is 0 Å². The van der Waals surface area contributed by atoms with Crippen molar-refractivity contribution < 1.29 is 32.5 Å². The minimum absolute atomic E-state index is 0.133. The van der Waals surface area contributed by atoms with Crippen LogP contribution in [0.3, 0.4) is 0 Å². The molecule has 0 unspecified atom stereocenters. The molecule has 0 saturated heterocycles. The molecule has 1 N–H and O–H groups in total. The fourth-order valence-electron chi connectivity index (χ4n) is 2.25. The Morgan fingerprint density at radius 2 is 1.56 bits per heavy atom. The maximum absolute atomic E-state index is 12.5. The van der Waals surface area contributed by atoms with E-state index in [9.17, 15) is 13.6 Å². The van der Waals surface area contributed by atoms with Gasteiger partial charge in [-0.05, 0) is 35.9 Å². The lowest BCUT2D eigenvalue weighted by Crippen LogP contribution is -2.09. The Morgan fingerprint density at radius 1 is 0.926 bits per heavy atom. The molecule has 2 aromatic carbocycles. The molecule has 144 valence electrons. The molecule has 0 aliphatic rings. The Labute approximate surface area is 155 Å². The van der Waals surface area contributed by atoms with E-state index in [2.05, 4.69) is 10.1 Å². The second-order valence-corrected chi connectivity index (χ2v) is 5.18. The van der Waals surface area contributed by atoms with Crippen LogP contribution in [0.2, 0.25) is 0 Å². The predicted octanol–water partition coefficient (Wildman–Crippen LogP) is 3.97. The third-order valence-electron chi connectivity index (χ3n) is 3.48. The van der Waals surface area contributed by atoms with Gasteiger partial charge in [-0.3, -0.25) is 4.79 Å². The molecule has 0 atom stereocenters. The first-order valence-electron chi connectivity index (χ1n) is 7.80. The highest BCUT2D eigenvalue weighted by atomic mass is 19.3. The van der Waals surface area contributed by atoms with Gasteiger partial charge in [-0.25, -0.2) is 0 Å². The van der Waals surface area contributed by atoms with Gasteiger partial charge >= 0.3 is 6.61 Å². The molecule has 2 aromatic rings. The zero-order valence-corrected chi connectivity index (χ0v) is 15.0. The molecular weight excluding hydrogens is 360 g/mol. The van der Waals surface area contributed by atoms with Gasteiger partial charge in [-0.15, -0.1) is 0 Å².